The molecule has 1 aromatic carbocycles. The number of esters is 1. The number of hydrogen-bond acceptors (Lipinski definition) is 6. The molecule has 0 atom stereocenters. The fraction of sp³-hybridized carbons (Fsp3) is 0.231. The molecule has 7 heteroatoms. The third-order valence-electron chi connectivity index (χ3n) is 2.40. The predicted octanol–water partition coefficient (Wildman–Crippen LogP) is 0.658. The molecule has 0 unspecified atom stereocenters. The van der Waals surface area contributed by atoms with Gasteiger partial charge in [0.25, 0.3) is 5.91 Å². The van der Waals surface area contributed by atoms with Gasteiger partial charge in [-0.1, -0.05) is 0 Å². The molecule has 7 nitrogen and oxygen atoms in total. The number of benzene rings is 1. The lowest BCUT2D eigenvalue weighted by Crippen LogP contribution is -2.21. The third-order valence-corrected chi connectivity index (χ3v) is 2.40. The Bertz CT molecular complexity index is 540. The molecular formula is C13H16N2O5. The van der Waals surface area contributed by atoms with Crippen molar-refractivity contribution in [1.82, 2.24) is 0 Å². The Hall–Kier alpha value is -2.70. The van der Waals surface area contributed by atoms with E-state index in [1.165, 1.54) is 21.3 Å². The lowest BCUT2D eigenvalue weighted by Gasteiger charge is -2.13. The van der Waals surface area contributed by atoms with Gasteiger partial charge in [-0.05, 0) is 12.1 Å². The second-order valence-corrected chi connectivity index (χ2v) is 3.64. The van der Waals surface area contributed by atoms with Crippen molar-refractivity contribution in [3.05, 3.63) is 30.0 Å². The summed E-state index contributed by atoms with van der Waals surface area (Å²) in [5.74, 6) is -0.494. The van der Waals surface area contributed by atoms with E-state index in [2.05, 4.69) is 10.1 Å². The summed E-state index contributed by atoms with van der Waals surface area (Å²) in [6, 6.07) is 4.95. The summed E-state index contributed by atoms with van der Waals surface area (Å²) < 4.78 is 14.7. The molecule has 1 aromatic rings. The molecule has 0 aliphatic rings. The standard InChI is InChI=1S/C13H16N2O5/c1-18-8-4-5-11(19-2)9(6-8)15-10(13(14)17)7-12(16)20-3/h4-7,15H,1-3H3,(H2,14,17)/b10-7-. The molecule has 1 rings (SSSR count). The molecule has 0 heterocycles. The summed E-state index contributed by atoms with van der Waals surface area (Å²) in [5, 5.41) is 2.72. The van der Waals surface area contributed by atoms with Crippen molar-refractivity contribution >= 4 is 17.6 Å². The third kappa shape index (κ3) is 3.91. The maximum absolute atomic E-state index is 11.3. The van der Waals surface area contributed by atoms with Crippen LogP contribution in [-0.4, -0.2) is 33.2 Å². The number of primary amides is 1. The SMILES string of the molecule is COC(=O)/C=C(\Nc1cc(OC)ccc1OC)C(N)=O. The van der Waals surface area contributed by atoms with Crippen LogP contribution in [0, 0.1) is 0 Å². The minimum Gasteiger partial charge on any atom is -0.497 e. The van der Waals surface area contributed by atoms with Crippen LogP contribution in [0.3, 0.4) is 0 Å². The van der Waals surface area contributed by atoms with E-state index in [9.17, 15) is 9.59 Å². The molecule has 0 bridgehead atoms. The molecule has 0 saturated heterocycles. The molecule has 108 valence electrons. The van der Waals surface area contributed by atoms with Crippen LogP contribution in [0.15, 0.2) is 30.0 Å². The van der Waals surface area contributed by atoms with Crippen LogP contribution < -0.4 is 20.5 Å². The fourth-order valence-corrected chi connectivity index (χ4v) is 1.40. The molecule has 0 fully saturated rings. The number of amides is 1. The maximum atomic E-state index is 11.3. The summed E-state index contributed by atoms with van der Waals surface area (Å²) >= 11 is 0. The number of nitrogens with one attached hydrogen (secondary N) is 1. The van der Waals surface area contributed by atoms with Gasteiger partial charge in [-0.2, -0.15) is 0 Å². The molecule has 3 N–H and O–H groups in total. The van der Waals surface area contributed by atoms with Crippen LogP contribution in [0.1, 0.15) is 0 Å². The van der Waals surface area contributed by atoms with E-state index < -0.39 is 11.9 Å². The average molecular weight is 280 g/mol. The van der Waals surface area contributed by atoms with Crippen molar-refractivity contribution < 1.29 is 23.8 Å². The van der Waals surface area contributed by atoms with Crippen LogP contribution in [0.4, 0.5) is 5.69 Å². The zero-order valence-electron chi connectivity index (χ0n) is 11.4. The van der Waals surface area contributed by atoms with Gasteiger partial charge in [0.1, 0.15) is 17.2 Å². The van der Waals surface area contributed by atoms with Gasteiger partial charge in [-0.15, -0.1) is 0 Å². The molecule has 0 aliphatic carbocycles. The maximum Gasteiger partial charge on any atom is 0.332 e. The highest BCUT2D eigenvalue weighted by Gasteiger charge is 2.12. The normalized spacial score (nSPS) is 10.7. The van der Waals surface area contributed by atoms with E-state index in [1.54, 1.807) is 18.2 Å². The van der Waals surface area contributed by atoms with Gasteiger partial charge in [-0.3, -0.25) is 4.79 Å². The molecule has 0 saturated carbocycles. The second kappa shape index (κ2) is 7.03. The summed E-state index contributed by atoms with van der Waals surface area (Å²) in [6.45, 7) is 0. The Balaban J connectivity index is 3.13. The quantitative estimate of drug-likeness (QED) is 0.586. The number of rotatable bonds is 6. The zero-order chi connectivity index (χ0) is 15.1. The Morgan fingerprint density at radius 1 is 1.20 bits per heavy atom. The molecular weight excluding hydrogens is 264 g/mol. The zero-order valence-corrected chi connectivity index (χ0v) is 11.4. The first-order chi connectivity index (χ1) is 9.51. The number of nitrogens with two attached hydrogens (primary N) is 1. The van der Waals surface area contributed by atoms with Crippen molar-refractivity contribution in [2.24, 2.45) is 5.73 Å². The van der Waals surface area contributed by atoms with Crippen LogP contribution in [0.5, 0.6) is 11.5 Å². The molecule has 0 radical (unpaired) electrons. The Morgan fingerprint density at radius 3 is 2.40 bits per heavy atom. The predicted molar refractivity (Wildman–Crippen MR) is 72.5 cm³/mol. The second-order valence-electron chi connectivity index (χ2n) is 3.64. The van der Waals surface area contributed by atoms with Gasteiger partial charge in [0.2, 0.25) is 0 Å². The van der Waals surface area contributed by atoms with Gasteiger partial charge in [0, 0.05) is 6.07 Å². The van der Waals surface area contributed by atoms with E-state index in [0.29, 0.717) is 17.2 Å². The van der Waals surface area contributed by atoms with Crippen molar-refractivity contribution in [3.8, 4) is 11.5 Å². The molecule has 20 heavy (non-hydrogen) atoms. The van der Waals surface area contributed by atoms with Crippen molar-refractivity contribution in [3.63, 3.8) is 0 Å². The van der Waals surface area contributed by atoms with Gasteiger partial charge in [0.05, 0.1) is 33.1 Å². The number of carbonyl (C=O) groups is 2. The molecule has 0 spiro atoms. The minimum atomic E-state index is -0.805. The van der Waals surface area contributed by atoms with Crippen molar-refractivity contribution in [1.29, 1.82) is 0 Å². The molecule has 1 amide bonds. The van der Waals surface area contributed by atoms with Crippen LogP contribution >= 0.6 is 0 Å². The summed E-state index contributed by atoms with van der Waals surface area (Å²) in [4.78, 5) is 22.5. The van der Waals surface area contributed by atoms with Crippen LogP contribution in [-0.2, 0) is 14.3 Å². The van der Waals surface area contributed by atoms with E-state index in [1.807, 2.05) is 0 Å². The highest BCUT2D eigenvalue weighted by atomic mass is 16.5. The lowest BCUT2D eigenvalue weighted by atomic mass is 10.2. The summed E-state index contributed by atoms with van der Waals surface area (Å²) in [5.41, 5.74) is 5.51. The highest BCUT2D eigenvalue weighted by Crippen LogP contribution is 2.29. The number of carbonyl (C=O) groups excluding carboxylic acids is 2. The number of methoxy groups -OCH3 is 3. The lowest BCUT2D eigenvalue weighted by molar-refractivity contribution is -0.135. The van der Waals surface area contributed by atoms with E-state index in [4.69, 9.17) is 15.2 Å². The van der Waals surface area contributed by atoms with Gasteiger partial charge < -0.3 is 25.3 Å². The Labute approximate surface area is 116 Å². The number of hydrogen-bond donors (Lipinski definition) is 2. The Kier molecular flexibility index (Phi) is 5.40. The van der Waals surface area contributed by atoms with E-state index in [-0.39, 0.29) is 5.70 Å². The smallest absolute Gasteiger partial charge is 0.332 e. The van der Waals surface area contributed by atoms with Crippen LogP contribution in [0.25, 0.3) is 0 Å². The number of ether oxygens (including phenoxy) is 3. The largest absolute Gasteiger partial charge is 0.497 e. The van der Waals surface area contributed by atoms with Gasteiger partial charge >= 0.3 is 5.97 Å². The van der Waals surface area contributed by atoms with E-state index in [0.717, 1.165) is 6.08 Å². The van der Waals surface area contributed by atoms with Gasteiger partial charge in [-0.25, -0.2) is 4.79 Å². The van der Waals surface area contributed by atoms with E-state index >= 15 is 0 Å². The average Bonchev–Trinajstić information content (AvgIpc) is 2.45. The van der Waals surface area contributed by atoms with Crippen molar-refractivity contribution in [2.45, 2.75) is 0 Å². The first kappa shape index (κ1) is 15.4. The van der Waals surface area contributed by atoms with Crippen molar-refractivity contribution in [2.75, 3.05) is 26.6 Å². The first-order valence-electron chi connectivity index (χ1n) is 5.60. The Morgan fingerprint density at radius 2 is 1.90 bits per heavy atom. The first-order valence-corrected chi connectivity index (χ1v) is 5.60. The topological polar surface area (TPSA) is 99.9 Å². The number of anilines is 1. The highest BCUT2D eigenvalue weighted by molar-refractivity contribution is 6.01. The molecule has 0 aliphatic heterocycles. The van der Waals surface area contributed by atoms with Gasteiger partial charge in [0.15, 0.2) is 0 Å². The summed E-state index contributed by atoms with van der Waals surface area (Å²) in [6.07, 6.45) is 0.960. The summed E-state index contributed by atoms with van der Waals surface area (Å²) in [7, 11) is 4.18. The minimum absolute atomic E-state index is 0.122. The van der Waals surface area contributed by atoms with Crippen LogP contribution in [0.2, 0.25) is 0 Å². The monoisotopic (exact) mass is 280 g/mol. The molecule has 0 aromatic heterocycles. The fourth-order valence-electron chi connectivity index (χ4n) is 1.40.